The number of rotatable bonds is 2. The van der Waals surface area contributed by atoms with Gasteiger partial charge in [-0.15, -0.1) is 0 Å². The number of aromatic nitrogens is 2. The van der Waals surface area contributed by atoms with Crippen molar-refractivity contribution in [3.8, 4) is 0 Å². The van der Waals surface area contributed by atoms with Crippen LogP contribution in [0.2, 0.25) is 5.02 Å². The number of nitrogens with two attached hydrogens (primary N) is 1. The SMILES string of the molecule is Nc1cnc(Nc2ccc(Cl)cc2F)nc1. The topological polar surface area (TPSA) is 63.8 Å². The lowest BCUT2D eigenvalue weighted by Gasteiger charge is -2.05. The Morgan fingerprint density at radius 1 is 1.25 bits per heavy atom. The highest BCUT2D eigenvalue weighted by Gasteiger charge is 2.04. The predicted octanol–water partition coefficient (Wildman–Crippen LogP) is 2.59. The third-order valence-electron chi connectivity index (χ3n) is 1.85. The maximum atomic E-state index is 13.4. The van der Waals surface area contributed by atoms with Gasteiger partial charge in [-0.05, 0) is 18.2 Å². The largest absolute Gasteiger partial charge is 0.396 e. The summed E-state index contributed by atoms with van der Waals surface area (Å²) >= 11 is 5.63. The number of nitrogens with one attached hydrogen (secondary N) is 1. The number of nitrogens with zero attached hydrogens (tertiary/aromatic N) is 2. The van der Waals surface area contributed by atoms with Crippen molar-refractivity contribution in [3.05, 3.63) is 41.4 Å². The zero-order valence-electron chi connectivity index (χ0n) is 8.11. The highest BCUT2D eigenvalue weighted by atomic mass is 35.5. The fraction of sp³-hybridized carbons (Fsp3) is 0. The molecule has 82 valence electrons. The van der Waals surface area contributed by atoms with Gasteiger partial charge in [0.25, 0.3) is 0 Å². The number of hydrogen-bond donors (Lipinski definition) is 2. The van der Waals surface area contributed by atoms with E-state index in [-0.39, 0.29) is 11.6 Å². The summed E-state index contributed by atoms with van der Waals surface area (Å²) in [5.74, 6) is -0.191. The van der Waals surface area contributed by atoms with Crippen molar-refractivity contribution in [2.24, 2.45) is 0 Å². The fourth-order valence-electron chi connectivity index (χ4n) is 1.11. The van der Waals surface area contributed by atoms with Gasteiger partial charge in [-0.3, -0.25) is 0 Å². The van der Waals surface area contributed by atoms with Crippen LogP contribution in [0.3, 0.4) is 0 Å². The Hall–Kier alpha value is -1.88. The molecular weight excluding hydrogens is 231 g/mol. The van der Waals surface area contributed by atoms with Gasteiger partial charge in [0.1, 0.15) is 5.82 Å². The van der Waals surface area contributed by atoms with Crippen molar-refractivity contribution < 1.29 is 4.39 Å². The van der Waals surface area contributed by atoms with Crippen molar-refractivity contribution in [2.45, 2.75) is 0 Å². The van der Waals surface area contributed by atoms with Crippen molar-refractivity contribution in [1.82, 2.24) is 9.97 Å². The molecule has 0 amide bonds. The van der Waals surface area contributed by atoms with E-state index in [2.05, 4.69) is 15.3 Å². The number of nitrogen functional groups attached to an aromatic ring is 1. The molecule has 2 aromatic rings. The molecule has 0 aliphatic carbocycles. The lowest BCUT2D eigenvalue weighted by atomic mass is 10.3. The van der Waals surface area contributed by atoms with Gasteiger partial charge in [0.15, 0.2) is 0 Å². The number of hydrogen-bond acceptors (Lipinski definition) is 4. The second-order valence-corrected chi connectivity index (χ2v) is 3.53. The molecule has 2 rings (SSSR count). The lowest BCUT2D eigenvalue weighted by molar-refractivity contribution is 0.631. The number of benzene rings is 1. The lowest BCUT2D eigenvalue weighted by Crippen LogP contribution is -1.99. The molecule has 0 spiro atoms. The molecule has 0 saturated heterocycles. The fourth-order valence-corrected chi connectivity index (χ4v) is 1.27. The van der Waals surface area contributed by atoms with Gasteiger partial charge in [0, 0.05) is 5.02 Å². The van der Waals surface area contributed by atoms with E-state index in [9.17, 15) is 4.39 Å². The van der Waals surface area contributed by atoms with E-state index in [1.807, 2.05) is 0 Å². The minimum absolute atomic E-state index is 0.258. The normalized spacial score (nSPS) is 10.1. The van der Waals surface area contributed by atoms with E-state index in [4.69, 9.17) is 17.3 Å². The summed E-state index contributed by atoms with van der Waals surface area (Å²) in [6.07, 6.45) is 2.87. The van der Waals surface area contributed by atoms with Crippen molar-refractivity contribution in [1.29, 1.82) is 0 Å². The molecular formula is C10H8ClFN4. The van der Waals surface area contributed by atoms with E-state index in [1.54, 1.807) is 6.07 Å². The van der Waals surface area contributed by atoms with Crippen LogP contribution < -0.4 is 11.1 Å². The molecule has 0 fully saturated rings. The van der Waals surface area contributed by atoms with Gasteiger partial charge >= 0.3 is 0 Å². The van der Waals surface area contributed by atoms with Crippen molar-refractivity contribution >= 4 is 28.9 Å². The summed E-state index contributed by atoms with van der Waals surface area (Å²) in [5, 5.41) is 3.05. The molecule has 0 aliphatic heterocycles. The van der Waals surface area contributed by atoms with E-state index >= 15 is 0 Å². The molecule has 0 radical (unpaired) electrons. The Bertz CT molecular complexity index is 501. The first-order valence-electron chi connectivity index (χ1n) is 4.45. The third kappa shape index (κ3) is 2.38. The molecule has 0 bridgehead atoms. The Morgan fingerprint density at radius 3 is 2.56 bits per heavy atom. The second-order valence-electron chi connectivity index (χ2n) is 3.09. The quantitative estimate of drug-likeness (QED) is 0.844. The van der Waals surface area contributed by atoms with Crippen LogP contribution in [0, 0.1) is 5.82 Å². The van der Waals surface area contributed by atoms with Gasteiger partial charge in [-0.1, -0.05) is 11.6 Å². The molecule has 0 aliphatic rings. The first-order valence-corrected chi connectivity index (χ1v) is 4.82. The van der Waals surface area contributed by atoms with Crippen LogP contribution in [0.5, 0.6) is 0 Å². The summed E-state index contributed by atoms with van der Waals surface area (Å²) in [4.78, 5) is 7.78. The monoisotopic (exact) mass is 238 g/mol. The van der Waals surface area contributed by atoms with Crippen LogP contribution in [0.1, 0.15) is 0 Å². The van der Waals surface area contributed by atoms with Crippen LogP contribution >= 0.6 is 11.6 Å². The minimum atomic E-state index is -0.465. The van der Waals surface area contributed by atoms with Crippen LogP contribution in [0.25, 0.3) is 0 Å². The van der Waals surface area contributed by atoms with Gasteiger partial charge in [-0.2, -0.15) is 0 Å². The molecule has 1 aromatic carbocycles. The van der Waals surface area contributed by atoms with Gasteiger partial charge in [0.05, 0.1) is 23.8 Å². The first-order chi connectivity index (χ1) is 7.65. The van der Waals surface area contributed by atoms with Crippen LogP contribution in [0.4, 0.5) is 21.7 Å². The predicted molar refractivity (Wildman–Crippen MR) is 61.1 cm³/mol. The highest BCUT2D eigenvalue weighted by molar-refractivity contribution is 6.30. The summed E-state index contributed by atoms with van der Waals surface area (Å²) in [5.41, 5.74) is 6.13. The summed E-state index contributed by atoms with van der Waals surface area (Å²) < 4.78 is 13.4. The molecule has 1 heterocycles. The van der Waals surface area contributed by atoms with Crippen molar-refractivity contribution in [3.63, 3.8) is 0 Å². The Labute approximate surface area is 96.3 Å². The molecule has 0 atom stereocenters. The van der Waals surface area contributed by atoms with Crippen LogP contribution in [-0.4, -0.2) is 9.97 Å². The Morgan fingerprint density at radius 2 is 1.94 bits per heavy atom. The number of halogens is 2. The number of anilines is 3. The molecule has 4 nitrogen and oxygen atoms in total. The van der Waals surface area contributed by atoms with E-state index in [0.29, 0.717) is 10.7 Å². The van der Waals surface area contributed by atoms with Crippen LogP contribution in [-0.2, 0) is 0 Å². The third-order valence-corrected chi connectivity index (χ3v) is 2.08. The van der Waals surface area contributed by atoms with Gasteiger partial charge in [0.2, 0.25) is 5.95 Å². The highest BCUT2D eigenvalue weighted by Crippen LogP contribution is 2.21. The summed E-state index contributed by atoms with van der Waals surface area (Å²) in [6.45, 7) is 0. The molecule has 1 aromatic heterocycles. The average molecular weight is 239 g/mol. The van der Waals surface area contributed by atoms with Crippen molar-refractivity contribution in [2.75, 3.05) is 11.1 Å². The van der Waals surface area contributed by atoms with Crippen LogP contribution in [0.15, 0.2) is 30.6 Å². The standard InChI is InChI=1S/C10H8ClFN4/c11-6-1-2-9(8(12)3-6)16-10-14-4-7(13)5-15-10/h1-5H,13H2,(H,14,15,16). The van der Waals surface area contributed by atoms with Gasteiger partial charge in [-0.25, -0.2) is 14.4 Å². The Kier molecular flexibility index (Phi) is 2.87. The molecule has 3 N–H and O–H groups in total. The molecule has 0 saturated carbocycles. The molecule has 6 heteroatoms. The summed E-state index contributed by atoms with van der Waals surface area (Å²) in [6, 6.07) is 4.29. The second kappa shape index (κ2) is 4.32. The minimum Gasteiger partial charge on any atom is -0.396 e. The smallest absolute Gasteiger partial charge is 0.227 e. The van der Waals surface area contributed by atoms with Gasteiger partial charge < -0.3 is 11.1 Å². The molecule has 0 unspecified atom stereocenters. The van der Waals surface area contributed by atoms with E-state index < -0.39 is 5.82 Å². The average Bonchev–Trinajstić information content (AvgIpc) is 2.25. The Balaban J connectivity index is 2.23. The maximum Gasteiger partial charge on any atom is 0.227 e. The van der Waals surface area contributed by atoms with E-state index in [0.717, 1.165) is 0 Å². The zero-order valence-corrected chi connectivity index (χ0v) is 8.87. The zero-order chi connectivity index (χ0) is 11.5. The molecule has 16 heavy (non-hydrogen) atoms. The van der Waals surface area contributed by atoms with E-state index in [1.165, 1.54) is 24.5 Å². The summed E-state index contributed by atoms with van der Waals surface area (Å²) in [7, 11) is 0. The first kappa shape index (κ1) is 10.6. The maximum absolute atomic E-state index is 13.4.